The Morgan fingerprint density at radius 1 is 0.791 bits per heavy atom. The molecule has 1 N–H and O–H groups in total. The summed E-state index contributed by atoms with van der Waals surface area (Å²) >= 11 is 0. The second-order valence-electron chi connectivity index (χ2n) is 17.9. The molecule has 7 rings (SSSR count). The van der Waals surface area contributed by atoms with Gasteiger partial charge in [0, 0.05) is 5.41 Å². The van der Waals surface area contributed by atoms with E-state index in [-0.39, 0.29) is 33.5 Å². The van der Waals surface area contributed by atoms with Gasteiger partial charge in [0.05, 0.1) is 23.8 Å². The minimum Gasteiger partial charge on any atom is -0.478 e. The number of hydrogen-bond acceptors (Lipinski definition) is 4. The molecule has 10 atom stereocenters. The zero-order chi connectivity index (χ0) is 30.8. The molecule has 1 heterocycles. The lowest BCUT2D eigenvalue weighted by molar-refractivity contribution is -0.252. The van der Waals surface area contributed by atoms with Crippen LogP contribution in [0.3, 0.4) is 0 Å². The zero-order valence-electron chi connectivity index (χ0n) is 27.6. The lowest BCUT2D eigenvalue weighted by Crippen LogP contribution is -2.68. The molecule has 0 spiro atoms. The van der Waals surface area contributed by atoms with Crippen LogP contribution < -0.4 is 0 Å². The normalized spacial score (nSPS) is 47.3. The lowest BCUT2D eigenvalue weighted by atomic mass is 9.31. The molecule has 0 radical (unpaired) electrons. The van der Waals surface area contributed by atoms with Crippen LogP contribution in [0.5, 0.6) is 0 Å². The van der Waals surface area contributed by atoms with Gasteiger partial charge in [-0.3, -0.25) is 0 Å². The first-order valence-electron chi connectivity index (χ1n) is 17.3. The molecule has 2 bridgehead atoms. The second kappa shape index (κ2) is 9.33. The largest absolute Gasteiger partial charge is 0.478 e. The van der Waals surface area contributed by atoms with Crippen LogP contribution in [0, 0.1) is 56.2 Å². The summed E-state index contributed by atoms with van der Waals surface area (Å²) in [6.07, 6.45) is 12.4. The standard InChI is InChI=1S/C38H54O5/c1-33(2)18-20-38-21-19-36(6)25(29(38)30(33)42-22-38)12-13-27-35(5)16-15-28(34(3,4)26(35)14-17-37(27,36)7)43-32(41)24-11-9-8-10-23(24)31(39)40/h8-11,25-30H,12-22H2,1-7H3,(H,39,40)/t25-,26+,27+,28-,29?,30-,35-,36+,37+,38-/m0/s1. The Hall–Kier alpha value is -1.88. The Balaban J connectivity index is 1.16. The van der Waals surface area contributed by atoms with E-state index < -0.39 is 11.9 Å². The van der Waals surface area contributed by atoms with E-state index in [9.17, 15) is 14.7 Å². The predicted octanol–water partition coefficient (Wildman–Crippen LogP) is 8.80. The molecule has 236 valence electrons. The Morgan fingerprint density at radius 3 is 2.21 bits per heavy atom. The average Bonchev–Trinajstić information content (AvgIpc) is 3.29. The minimum atomic E-state index is -1.09. The highest BCUT2D eigenvalue weighted by Crippen LogP contribution is 2.78. The third kappa shape index (κ3) is 3.85. The maximum atomic E-state index is 13.4. The van der Waals surface area contributed by atoms with E-state index in [1.165, 1.54) is 57.4 Å². The predicted molar refractivity (Wildman–Crippen MR) is 167 cm³/mol. The van der Waals surface area contributed by atoms with E-state index in [0.717, 1.165) is 25.4 Å². The SMILES string of the molecule is CC1(C)CC[C@@]23CC[C@]4(C)[C@@H](CC[C@@H]5[C@@]6(C)CC[C@H](OC(=O)c7ccccc7C(=O)O)C(C)(C)[C@H]6CC[C@]54C)C2[C@@H]1OC3. The van der Waals surface area contributed by atoms with Crippen LogP contribution in [0.1, 0.15) is 133 Å². The summed E-state index contributed by atoms with van der Waals surface area (Å²) in [4.78, 5) is 25.2. The summed E-state index contributed by atoms with van der Waals surface area (Å²) in [5, 5.41) is 9.66. The van der Waals surface area contributed by atoms with Gasteiger partial charge >= 0.3 is 11.9 Å². The summed E-state index contributed by atoms with van der Waals surface area (Å²) in [5.41, 5.74) is 1.49. The van der Waals surface area contributed by atoms with E-state index in [4.69, 9.17) is 9.47 Å². The van der Waals surface area contributed by atoms with Gasteiger partial charge in [-0.15, -0.1) is 0 Å². The number of carbonyl (C=O) groups excluding carboxylic acids is 1. The lowest BCUT2D eigenvalue weighted by Gasteiger charge is -2.73. The molecule has 1 aromatic carbocycles. The molecule has 1 aliphatic heterocycles. The third-order valence-electron chi connectivity index (χ3n) is 15.7. The Kier molecular flexibility index (Phi) is 6.47. The van der Waals surface area contributed by atoms with Crippen molar-refractivity contribution >= 4 is 11.9 Å². The van der Waals surface area contributed by atoms with Gasteiger partial charge < -0.3 is 14.6 Å². The summed E-state index contributed by atoms with van der Waals surface area (Å²) in [6, 6.07) is 6.43. The van der Waals surface area contributed by atoms with Gasteiger partial charge in [0.25, 0.3) is 0 Å². The summed E-state index contributed by atoms with van der Waals surface area (Å²) < 4.78 is 13.0. The smallest absolute Gasteiger partial charge is 0.339 e. The molecule has 5 saturated carbocycles. The molecule has 6 aliphatic rings. The number of rotatable bonds is 3. The summed E-state index contributed by atoms with van der Waals surface area (Å²) in [6.45, 7) is 18.5. The van der Waals surface area contributed by atoms with Gasteiger partial charge in [0.1, 0.15) is 6.10 Å². The fourth-order valence-electron chi connectivity index (χ4n) is 13.2. The molecule has 0 amide bonds. The third-order valence-corrected chi connectivity index (χ3v) is 15.7. The van der Waals surface area contributed by atoms with Crippen molar-refractivity contribution in [3.05, 3.63) is 35.4 Å². The van der Waals surface area contributed by atoms with Crippen LogP contribution in [0.25, 0.3) is 0 Å². The molecule has 0 aromatic heterocycles. The Bertz CT molecular complexity index is 1330. The van der Waals surface area contributed by atoms with Crippen molar-refractivity contribution in [2.75, 3.05) is 6.61 Å². The summed E-state index contributed by atoms with van der Waals surface area (Å²) in [7, 11) is 0. The molecular weight excluding hydrogens is 536 g/mol. The maximum absolute atomic E-state index is 13.4. The van der Waals surface area contributed by atoms with Gasteiger partial charge in [0.15, 0.2) is 0 Å². The van der Waals surface area contributed by atoms with E-state index >= 15 is 0 Å². The van der Waals surface area contributed by atoms with Crippen LogP contribution in [0.4, 0.5) is 0 Å². The quantitative estimate of drug-likeness (QED) is 0.356. The van der Waals surface area contributed by atoms with E-state index in [1.54, 1.807) is 18.2 Å². The van der Waals surface area contributed by atoms with Crippen molar-refractivity contribution in [1.82, 2.24) is 0 Å². The first-order valence-corrected chi connectivity index (χ1v) is 17.3. The molecule has 5 nitrogen and oxygen atoms in total. The number of ether oxygens (including phenoxy) is 2. The van der Waals surface area contributed by atoms with Crippen LogP contribution >= 0.6 is 0 Å². The Morgan fingerprint density at radius 2 is 1.49 bits per heavy atom. The average molecular weight is 591 g/mol. The number of aromatic carboxylic acids is 1. The maximum Gasteiger partial charge on any atom is 0.339 e. The van der Waals surface area contributed by atoms with E-state index in [1.807, 2.05) is 0 Å². The number of carbonyl (C=O) groups is 2. The topological polar surface area (TPSA) is 72.8 Å². The van der Waals surface area contributed by atoms with Crippen LogP contribution in [0.15, 0.2) is 24.3 Å². The zero-order valence-corrected chi connectivity index (χ0v) is 27.6. The molecule has 6 fully saturated rings. The van der Waals surface area contributed by atoms with Crippen LogP contribution in [-0.4, -0.2) is 35.9 Å². The van der Waals surface area contributed by atoms with Gasteiger partial charge in [-0.2, -0.15) is 0 Å². The minimum absolute atomic E-state index is 0.0128. The van der Waals surface area contributed by atoms with E-state index in [0.29, 0.717) is 40.1 Å². The highest BCUT2D eigenvalue weighted by molar-refractivity contribution is 6.02. The number of fused-ring (bicyclic) bond motifs is 5. The molecule has 1 saturated heterocycles. The number of carboxylic acid groups (broad SMARTS) is 1. The highest BCUT2D eigenvalue weighted by atomic mass is 16.5. The van der Waals surface area contributed by atoms with Crippen molar-refractivity contribution in [3.63, 3.8) is 0 Å². The van der Waals surface area contributed by atoms with Crippen LogP contribution in [0.2, 0.25) is 0 Å². The number of esters is 1. The number of hydrogen-bond donors (Lipinski definition) is 1. The fraction of sp³-hybridized carbons (Fsp3) is 0.789. The van der Waals surface area contributed by atoms with Gasteiger partial charge in [-0.25, -0.2) is 9.59 Å². The highest BCUT2D eigenvalue weighted by Gasteiger charge is 2.73. The number of benzene rings is 1. The molecule has 5 heteroatoms. The van der Waals surface area contributed by atoms with Crippen molar-refractivity contribution in [3.8, 4) is 0 Å². The van der Waals surface area contributed by atoms with Crippen molar-refractivity contribution in [1.29, 1.82) is 0 Å². The number of carboxylic acids is 1. The molecule has 1 aromatic rings. The fourth-order valence-corrected chi connectivity index (χ4v) is 13.2. The van der Waals surface area contributed by atoms with Gasteiger partial charge in [0.2, 0.25) is 0 Å². The first kappa shape index (κ1) is 29.8. The van der Waals surface area contributed by atoms with E-state index in [2.05, 4.69) is 48.5 Å². The molecular formula is C38H54O5. The monoisotopic (exact) mass is 590 g/mol. The van der Waals surface area contributed by atoms with Crippen molar-refractivity contribution in [2.45, 2.75) is 125 Å². The first-order chi connectivity index (χ1) is 20.1. The van der Waals surface area contributed by atoms with Crippen LogP contribution in [-0.2, 0) is 9.47 Å². The van der Waals surface area contributed by atoms with Gasteiger partial charge in [-0.1, -0.05) is 60.6 Å². The van der Waals surface area contributed by atoms with Crippen molar-refractivity contribution < 1.29 is 24.2 Å². The molecule has 5 aliphatic carbocycles. The molecule has 43 heavy (non-hydrogen) atoms. The Labute approximate surface area is 258 Å². The summed E-state index contributed by atoms with van der Waals surface area (Å²) in [5.74, 6) is 0.976. The van der Waals surface area contributed by atoms with Crippen molar-refractivity contribution in [2.24, 2.45) is 56.2 Å². The molecule has 1 unspecified atom stereocenters. The second-order valence-corrected chi connectivity index (χ2v) is 17.9. The van der Waals surface area contributed by atoms with Gasteiger partial charge in [-0.05, 0) is 127 Å².